The second-order valence-corrected chi connectivity index (χ2v) is 13.4. The van der Waals surface area contributed by atoms with Gasteiger partial charge in [0.15, 0.2) is 0 Å². The van der Waals surface area contributed by atoms with Crippen LogP contribution >= 0.6 is 14.3 Å². The summed E-state index contributed by atoms with van der Waals surface area (Å²) in [5, 5.41) is 2.67. The number of rotatable bonds is 5. The van der Waals surface area contributed by atoms with Gasteiger partial charge < -0.3 is 9.13 Å². The first-order chi connectivity index (χ1) is 13.1. The highest BCUT2D eigenvalue weighted by atomic mass is 31.2. The number of hydrogen-bond donors (Lipinski definition) is 0. The highest BCUT2D eigenvalue weighted by Crippen LogP contribution is 2.61. The van der Waals surface area contributed by atoms with Gasteiger partial charge in [-0.2, -0.15) is 0 Å². The first-order valence-electron chi connectivity index (χ1n) is 9.48. The molecule has 0 aromatic heterocycles. The van der Waals surface area contributed by atoms with Crippen LogP contribution in [0.2, 0.25) is 0 Å². The molecule has 0 aliphatic carbocycles. The Hall–Kier alpha value is -1.88. The smallest absolute Gasteiger partial charge is 0.143 e. The molecule has 3 aromatic carbocycles. The van der Waals surface area contributed by atoms with Crippen molar-refractivity contribution in [2.24, 2.45) is 0 Å². The zero-order chi connectivity index (χ0) is 18.7. The lowest BCUT2D eigenvalue weighted by Gasteiger charge is -2.27. The fraction of sp³-hybridized carbons (Fsp3) is 0.217. The van der Waals surface area contributed by atoms with E-state index in [4.69, 9.17) is 0 Å². The molecule has 4 heteroatoms. The summed E-state index contributed by atoms with van der Waals surface area (Å²) in [7, 11) is -5.39. The van der Waals surface area contributed by atoms with Crippen LogP contribution in [-0.4, -0.2) is 18.0 Å². The van der Waals surface area contributed by atoms with Gasteiger partial charge in [0, 0.05) is 33.9 Å². The molecular formula is C23H24O2P2. The summed E-state index contributed by atoms with van der Waals surface area (Å²) in [5.74, 6) is 0. The second-order valence-electron chi connectivity index (χ2n) is 7.24. The monoisotopic (exact) mass is 394 g/mol. The van der Waals surface area contributed by atoms with E-state index in [9.17, 15) is 9.13 Å². The molecule has 1 fully saturated rings. The maximum atomic E-state index is 14.4. The summed E-state index contributed by atoms with van der Waals surface area (Å²) >= 11 is 0. The first kappa shape index (κ1) is 18.5. The molecule has 0 spiro atoms. The van der Waals surface area contributed by atoms with Crippen molar-refractivity contribution in [1.29, 1.82) is 0 Å². The Morgan fingerprint density at radius 1 is 0.778 bits per heavy atom. The minimum atomic E-state index is -2.85. The van der Waals surface area contributed by atoms with E-state index in [1.54, 1.807) is 0 Å². The number of benzene rings is 3. The summed E-state index contributed by atoms with van der Waals surface area (Å²) in [6.07, 6.45) is 3.04. The molecule has 138 valence electrons. The van der Waals surface area contributed by atoms with Crippen LogP contribution in [-0.2, 0) is 9.13 Å². The van der Waals surface area contributed by atoms with E-state index in [1.807, 2.05) is 91.0 Å². The maximum Gasteiger partial charge on any atom is 0.143 e. The van der Waals surface area contributed by atoms with E-state index in [-0.39, 0.29) is 5.66 Å². The molecule has 1 heterocycles. The third-order valence-corrected chi connectivity index (χ3v) is 12.9. The average Bonchev–Trinajstić information content (AvgIpc) is 3.11. The Balaban J connectivity index is 1.77. The van der Waals surface area contributed by atoms with Gasteiger partial charge in [-0.25, -0.2) is 0 Å². The van der Waals surface area contributed by atoms with Gasteiger partial charge in [0.05, 0.1) is 0 Å². The minimum absolute atomic E-state index is 0.0221. The molecular weight excluding hydrogens is 370 g/mol. The summed E-state index contributed by atoms with van der Waals surface area (Å²) < 4.78 is 28.3. The molecule has 4 rings (SSSR count). The topological polar surface area (TPSA) is 34.1 Å². The van der Waals surface area contributed by atoms with E-state index >= 15 is 0 Å². The highest BCUT2D eigenvalue weighted by molar-refractivity contribution is 7.80. The lowest BCUT2D eigenvalue weighted by atomic mass is 10.3. The molecule has 0 amide bonds. The van der Waals surface area contributed by atoms with Crippen molar-refractivity contribution in [1.82, 2.24) is 0 Å². The Morgan fingerprint density at radius 3 is 1.78 bits per heavy atom. The van der Waals surface area contributed by atoms with Crippen LogP contribution in [0.5, 0.6) is 0 Å². The van der Waals surface area contributed by atoms with Gasteiger partial charge in [-0.05, 0) is 12.8 Å². The minimum Gasteiger partial charge on any atom is -0.318 e. The standard InChI is InChI=1S/C23H24O2P2/c24-26(20-11-4-1-5-12-20)18-10-17-23(26)19-27(25,21-13-6-2-7-14-21)22-15-8-3-9-16-22/h1-9,11-16,23H,10,17-19H2/t23-,26-/m0/s1. The van der Waals surface area contributed by atoms with Crippen molar-refractivity contribution in [3.8, 4) is 0 Å². The lowest BCUT2D eigenvalue weighted by Crippen LogP contribution is -2.26. The van der Waals surface area contributed by atoms with Crippen LogP contribution in [0, 0.1) is 0 Å². The fourth-order valence-corrected chi connectivity index (χ4v) is 11.7. The highest BCUT2D eigenvalue weighted by Gasteiger charge is 2.43. The molecule has 0 N–H and O–H groups in total. The summed E-state index contributed by atoms with van der Waals surface area (Å²) in [5.41, 5.74) is -0.0221. The average molecular weight is 394 g/mol. The predicted molar refractivity (Wildman–Crippen MR) is 116 cm³/mol. The van der Waals surface area contributed by atoms with Gasteiger partial charge in [0.1, 0.15) is 14.3 Å². The molecule has 27 heavy (non-hydrogen) atoms. The van der Waals surface area contributed by atoms with Crippen molar-refractivity contribution in [3.63, 3.8) is 0 Å². The van der Waals surface area contributed by atoms with Crippen molar-refractivity contribution in [3.05, 3.63) is 91.0 Å². The molecule has 0 saturated carbocycles. The molecule has 2 nitrogen and oxygen atoms in total. The van der Waals surface area contributed by atoms with Gasteiger partial charge in [0.2, 0.25) is 0 Å². The SMILES string of the molecule is O=P(C[C@@H]1CCC[P@]1(=O)c1ccccc1)(c1ccccc1)c1ccccc1. The van der Waals surface area contributed by atoms with E-state index in [0.29, 0.717) is 6.16 Å². The van der Waals surface area contributed by atoms with E-state index in [2.05, 4.69) is 0 Å². The first-order valence-corrected chi connectivity index (χ1v) is 13.3. The van der Waals surface area contributed by atoms with Gasteiger partial charge in [-0.15, -0.1) is 0 Å². The van der Waals surface area contributed by atoms with Crippen molar-refractivity contribution in [2.45, 2.75) is 18.5 Å². The normalized spacial score (nSPS) is 22.6. The Kier molecular flexibility index (Phi) is 5.22. The van der Waals surface area contributed by atoms with Crippen molar-refractivity contribution in [2.75, 3.05) is 12.3 Å². The molecule has 0 radical (unpaired) electrons. The quantitative estimate of drug-likeness (QED) is 0.580. The molecule has 0 bridgehead atoms. The Bertz CT molecular complexity index is 941. The summed E-state index contributed by atoms with van der Waals surface area (Å²) in [6.45, 7) is 0. The van der Waals surface area contributed by atoms with E-state index in [0.717, 1.165) is 34.9 Å². The largest absolute Gasteiger partial charge is 0.318 e. The van der Waals surface area contributed by atoms with E-state index in [1.165, 1.54) is 0 Å². The van der Waals surface area contributed by atoms with Gasteiger partial charge in [-0.3, -0.25) is 0 Å². The fourth-order valence-electron chi connectivity index (χ4n) is 4.19. The molecule has 0 unspecified atom stereocenters. The molecule has 2 atom stereocenters. The number of hydrogen-bond acceptors (Lipinski definition) is 2. The summed E-state index contributed by atoms with van der Waals surface area (Å²) in [4.78, 5) is 0. The maximum absolute atomic E-state index is 14.4. The molecule has 1 aliphatic heterocycles. The van der Waals surface area contributed by atoms with Crippen LogP contribution in [0.15, 0.2) is 91.0 Å². The zero-order valence-corrected chi connectivity index (χ0v) is 17.1. The van der Waals surface area contributed by atoms with Gasteiger partial charge in [0.25, 0.3) is 0 Å². The second kappa shape index (κ2) is 7.63. The van der Waals surface area contributed by atoms with Gasteiger partial charge >= 0.3 is 0 Å². The lowest BCUT2D eigenvalue weighted by molar-refractivity contribution is 0.573. The molecule has 1 saturated heterocycles. The van der Waals surface area contributed by atoms with Crippen LogP contribution in [0.25, 0.3) is 0 Å². The van der Waals surface area contributed by atoms with Crippen LogP contribution < -0.4 is 15.9 Å². The molecule has 3 aromatic rings. The summed E-state index contributed by atoms with van der Waals surface area (Å²) in [6, 6.07) is 29.3. The van der Waals surface area contributed by atoms with Crippen molar-refractivity contribution < 1.29 is 9.13 Å². The molecule has 1 aliphatic rings. The van der Waals surface area contributed by atoms with E-state index < -0.39 is 14.3 Å². The predicted octanol–water partition coefficient (Wildman–Crippen LogP) is 4.85. The Morgan fingerprint density at radius 2 is 1.26 bits per heavy atom. The zero-order valence-electron chi connectivity index (χ0n) is 15.3. The van der Waals surface area contributed by atoms with Gasteiger partial charge in [-0.1, -0.05) is 91.0 Å². The third-order valence-electron chi connectivity index (χ3n) is 5.63. The van der Waals surface area contributed by atoms with Crippen molar-refractivity contribution >= 4 is 30.2 Å². The third kappa shape index (κ3) is 3.49. The van der Waals surface area contributed by atoms with Crippen LogP contribution in [0.1, 0.15) is 12.8 Å². The van der Waals surface area contributed by atoms with Crippen LogP contribution in [0.4, 0.5) is 0 Å². The Labute approximate surface area is 161 Å². The van der Waals surface area contributed by atoms with Crippen LogP contribution in [0.3, 0.4) is 0 Å².